The highest BCUT2D eigenvalue weighted by molar-refractivity contribution is 5.30. The van der Waals surface area contributed by atoms with E-state index in [9.17, 15) is 17.6 Å². The van der Waals surface area contributed by atoms with Crippen molar-refractivity contribution in [2.45, 2.75) is 33.6 Å². The number of aryl methyl sites for hydroxylation is 1. The Labute approximate surface area is 86.9 Å². The average Bonchev–Trinajstić information content (AvgIpc) is 2.18. The van der Waals surface area contributed by atoms with Crippen molar-refractivity contribution in [3.8, 4) is 0 Å². The van der Waals surface area contributed by atoms with Gasteiger partial charge in [-0.3, -0.25) is 0 Å². The fourth-order valence-corrected chi connectivity index (χ4v) is 1.10. The molecule has 0 unspecified atom stereocenters. The maximum Gasteiger partial charge on any atom is 0.416 e. The van der Waals surface area contributed by atoms with Crippen molar-refractivity contribution in [3.63, 3.8) is 0 Å². The summed E-state index contributed by atoms with van der Waals surface area (Å²) in [6.45, 7) is 4.64. The molecule has 0 N–H and O–H groups in total. The van der Waals surface area contributed by atoms with Crippen LogP contribution in [0.2, 0.25) is 0 Å². The second-order valence-corrected chi connectivity index (χ2v) is 2.84. The molecule has 0 aliphatic rings. The van der Waals surface area contributed by atoms with Crippen LogP contribution >= 0.6 is 0 Å². The van der Waals surface area contributed by atoms with Gasteiger partial charge in [0, 0.05) is 0 Å². The molecule has 1 aromatic rings. The zero-order valence-electron chi connectivity index (χ0n) is 8.95. The van der Waals surface area contributed by atoms with E-state index < -0.39 is 18.4 Å². The van der Waals surface area contributed by atoms with Crippen LogP contribution < -0.4 is 0 Å². The zero-order valence-corrected chi connectivity index (χ0v) is 8.95. The maximum atomic E-state index is 12.2. The van der Waals surface area contributed by atoms with Crippen LogP contribution in [0.5, 0.6) is 0 Å². The van der Waals surface area contributed by atoms with Crippen LogP contribution in [0, 0.1) is 6.92 Å². The fraction of sp³-hybridized carbons (Fsp3) is 0.455. The van der Waals surface area contributed by atoms with Crippen LogP contribution in [0.25, 0.3) is 0 Å². The van der Waals surface area contributed by atoms with E-state index in [-0.39, 0.29) is 5.56 Å². The van der Waals surface area contributed by atoms with Gasteiger partial charge in [-0.25, -0.2) is 4.39 Å². The Morgan fingerprint density at radius 1 is 1.07 bits per heavy atom. The van der Waals surface area contributed by atoms with Crippen molar-refractivity contribution in [2.75, 3.05) is 0 Å². The zero-order chi connectivity index (χ0) is 12.1. The van der Waals surface area contributed by atoms with Gasteiger partial charge in [0.2, 0.25) is 0 Å². The second kappa shape index (κ2) is 5.73. The summed E-state index contributed by atoms with van der Waals surface area (Å²) in [6, 6.07) is 3.22. The first-order valence-electron chi connectivity index (χ1n) is 4.67. The van der Waals surface area contributed by atoms with Gasteiger partial charge in [0.25, 0.3) is 0 Å². The van der Waals surface area contributed by atoms with E-state index in [1.54, 1.807) is 0 Å². The van der Waals surface area contributed by atoms with E-state index in [0.717, 1.165) is 12.1 Å². The molecule has 0 radical (unpaired) electrons. The summed E-state index contributed by atoms with van der Waals surface area (Å²) in [4.78, 5) is 0. The molecule has 86 valence electrons. The molecule has 0 nitrogen and oxygen atoms in total. The lowest BCUT2D eigenvalue weighted by Crippen LogP contribution is -2.05. The quantitative estimate of drug-likeness (QED) is 0.613. The van der Waals surface area contributed by atoms with Crippen LogP contribution in [-0.4, -0.2) is 0 Å². The second-order valence-electron chi connectivity index (χ2n) is 2.84. The SMILES string of the molecule is CC.Cc1cc(CF)cc(C(F)(F)F)c1. The summed E-state index contributed by atoms with van der Waals surface area (Å²) in [7, 11) is 0. The average molecular weight is 222 g/mol. The van der Waals surface area contributed by atoms with E-state index in [1.165, 1.54) is 13.0 Å². The smallest absolute Gasteiger partial charge is 0.246 e. The van der Waals surface area contributed by atoms with Crippen LogP contribution in [0.3, 0.4) is 0 Å². The minimum Gasteiger partial charge on any atom is -0.246 e. The molecule has 0 aliphatic heterocycles. The molecular formula is C11H14F4. The molecule has 0 aromatic heterocycles. The lowest BCUT2D eigenvalue weighted by atomic mass is 10.1. The predicted octanol–water partition coefficient (Wildman–Crippen LogP) is 4.51. The molecule has 0 saturated carbocycles. The molecule has 4 heteroatoms. The number of hydrogen-bond donors (Lipinski definition) is 0. The monoisotopic (exact) mass is 222 g/mol. The largest absolute Gasteiger partial charge is 0.416 e. The first kappa shape index (κ1) is 13.9. The van der Waals surface area contributed by atoms with Gasteiger partial charge in [-0.2, -0.15) is 13.2 Å². The molecule has 0 bridgehead atoms. The third-order valence-corrected chi connectivity index (χ3v) is 1.62. The third-order valence-electron chi connectivity index (χ3n) is 1.62. The molecule has 0 saturated heterocycles. The van der Waals surface area contributed by atoms with Crippen LogP contribution in [-0.2, 0) is 12.9 Å². The fourth-order valence-electron chi connectivity index (χ4n) is 1.10. The lowest BCUT2D eigenvalue weighted by Gasteiger charge is -2.08. The Hall–Kier alpha value is -1.06. The molecular weight excluding hydrogens is 208 g/mol. The van der Waals surface area contributed by atoms with Crippen molar-refractivity contribution in [1.29, 1.82) is 0 Å². The molecule has 0 atom stereocenters. The van der Waals surface area contributed by atoms with Gasteiger partial charge in [0.15, 0.2) is 0 Å². The lowest BCUT2D eigenvalue weighted by molar-refractivity contribution is -0.137. The van der Waals surface area contributed by atoms with Gasteiger partial charge in [-0.05, 0) is 24.6 Å². The van der Waals surface area contributed by atoms with E-state index in [4.69, 9.17) is 0 Å². The van der Waals surface area contributed by atoms with Gasteiger partial charge in [0.05, 0.1) is 5.56 Å². The summed E-state index contributed by atoms with van der Waals surface area (Å²) in [5.74, 6) is 0. The first-order valence-corrected chi connectivity index (χ1v) is 4.67. The Bertz CT molecular complexity index is 302. The summed E-state index contributed by atoms with van der Waals surface area (Å²) in [6.07, 6.45) is -4.39. The highest BCUT2D eigenvalue weighted by atomic mass is 19.4. The Kier molecular flexibility index (Phi) is 5.33. The molecule has 0 fully saturated rings. The van der Waals surface area contributed by atoms with E-state index in [1.807, 2.05) is 13.8 Å². The van der Waals surface area contributed by atoms with Gasteiger partial charge >= 0.3 is 6.18 Å². The topological polar surface area (TPSA) is 0 Å². The van der Waals surface area contributed by atoms with Crippen LogP contribution in [0.15, 0.2) is 18.2 Å². The van der Waals surface area contributed by atoms with Gasteiger partial charge in [-0.15, -0.1) is 0 Å². The van der Waals surface area contributed by atoms with E-state index in [0.29, 0.717) is 5.56 Å². The van der Waals surface area contributed by atoms with Gasteiger partial charge in [-0.1, -0.05) is 25.5 Å². The van der Waals surface area contributed by atoms with Crippen molar-refractivity contribution < 1.29 is 17.6 Å². The maximum absolute atomic E-state index is 12.2. The standard InChI is InChI=1S/C9H8F4.C2H6/c1-6-2-7(5-10)4-8(3-6)9(11,12)13;1-2/h2-4H,5H2,1H3;1-2H3. The summed E-state index contributed by atoms with van der Waals surface area (Å²) in [5.41, 5.74) is -0.310. The highest BCUT2D eigenvalue weighted by Gasteiger charge is 2.30. The summed E-state index contributed by atoms with van der Waals surface area (Å²) < 4.78 is 48.6. The number of alkyl halides is 4. The van der Waals surface area contributed by atoms with E-state index >= 15 is 0 Å². The highest BCUT2D eigenvalue weighted by Crippen LogP contribution is 2.30. The summed E-state index contributed by atoms with van der Waals surface area (Å²) in [5, 5.41) is 0. The van der Waals surface area contributed by atoms with Crippen molar-refractivity contribution in [1.82, 2.24) is 0 Å². The van der Waals surface area contributed by atoms with Crippen molar-refractivity contribution >= 4 is 0 Å². The van der Waals surface area contributed by atoms with E-state index in [2.05, 4.69) is 0 Å². The molecule has 0 amide bonds. The number of halogens is 4. The number of rotatable bonds is 1. The number of hydrogen-bond acceptors (Lipinski definition) is 0. The predicted molar refractivity (Wildman–Crippen MR) is 52.3 cm³/mol. The first-order chi connectivity index (χ1) is 6.93. The van der Waals surface area contributed by atoms with Crippen molar-refractivity contribution in [2.24, 2.45) is 0 Å². The van der Waals surface area contributed by atoms with Gasteiger partial charge < -0.3 is 0 Å². The minimum absolute atomic E-state index is 0.0623. The molecule has 15 heavy (non-hydrogen) atoms. The summed E-state index contributed by atoms with van der Waals surface area (Å²) >= 11 is 0. The Morgan fingerprint density at radius 3 is 2.00 bits per heavy atom. The number of benzene rings is 1. The molecule has 0 spiro atoms. The Morgan fingerprint density at radius 2 is 1.60 bits per heavy atom. The normalized spacial score (nSPS) is 10.6. The minimum atomic E-state index is -4.39. The molecule has 0 aliphatic carbocycles. The molecule has 1 aromatic carbocycles. The van der Waals surface area contributed by atoms with Crippen molar-refractivity contribution in [3.05, 3.63) is 34.9 Å². The molecule has 0 heterocycles. The van der Waals surface area contributed by atoms with Gasteiger partial charge in [0.1, 0.15) is 6.67 Å². The Balaban J connectivity index is 0.000000921. The molecule has 1 rings (SSSR count). The van der Waals surface area contributed by atoms with Crippen LogP contribution in [0.1, 0.15) is 30.5 Å². The van der Waals surface area contributed by atoms with Crippen LogP contribution in [0.4, 0.5) is 17.6 Å². The third kappa shape index (κ3) is 4.32.